The average Bonchev–Trinajstić information content (AvgIpc) is 2.99. The van der Waals surface area contributed by atoms with Gasteiger partial charge in [0.05, 0.1) is 12.7 Å². The fourth-order valence-electron chi connectivity index (χ4n) is 3.03. The van der Waals surface area contributed by atoms with Crippen molar-refractivity contribution in [3.8, 4) is 11.3 Å². The van der Waals surface area contributed by atoms with Crippen LogP contribution in [0.15, 0.2) is 40.9 Å². The second-order valence-corrected chi connectivity index (χ2v) is 5.66. The molecule has 1 aliphatic heterocycles. The van der Waals surface area contributed by atoms with Crippen LogP contribution >= 0.6 is 0 Å². The number of likely N-dealkylation sites (tertiary alicyclic amines) is 1. The van der Waals surface area contributed by atoms with Gasteiger partial charge in [-0.1, -0.05) is 36.8 Å². The van der Waals surface area contributed by atoms with Crippen molar-refractivity contribution in [2.45, 2.75) is 31.8 Å². The molecule has 0 saturated carbocycles. The lowest BCUT2D eigenvalue weighted by molar-refractivity contribution is 0.127. The van der Waals surface area contributed by atoms with Gasteiger partial charge in [0.2, 0.25) is 5.89 Å². The van der Waals surface area contributed by atoms with Crippen molar-refractivity contribution < 1.29 is 4.42 Å². The minimum atomic E-state index is 0.593. The Hall–Kier alpha value is -1.65. The van der Waals surface area contributed by atoms with Gasteiger partial charge in [0, 0.05) is 18.2 Å². The zero-order valence-electron chi connectivity index (χ0n) is 12.6. The summed E-state index contributed by atoms with van der Waals surface area (Å²) in [4.78, 5) is 6.94. The number of aromatic nitrogens is 1. The predicted octanol–water partition coefficient (Wildman–Crippen LogP) is 2.92. The van der Waals surface area contributed by atoms with Gasteiger partial charge in [-0.25, -0.2) is 4.98 Å². The third-order valence-electron chi connectivity index (χ3n) is 4.14. The van der Waals surface area contributed by atoms with Gasteiger partial charge in [-0.05, 0) is 26.4 Å². The van der Waals surface area contributed by atoms with E-state index >= 15 is 0 Å². The molecule has 4 heteroatoms. The van der Waals surface area contributed by atoms with Crippen molar-refractivity contribution >= 4 is 0 Å². The maximum atomic E-state index is 5.93. The number of hydrogen-bond donors (Lipinski definition) is 1. The number of oxazole rings is 1. The lowest BCUT2D eigenvalue weighted by Crippen LogP contribution is -2.44. The van der Waals surface area contributed by atoms with Crippen molar-refractivity contribution in [1.82, 2.24) is 15.2 Å². The lowest BCUT2D eigenvalue weighted by atomic mass is 10.0. The highest BCUT2D eigenvalue weighted by molar-refractivity contribution is 5.55. The summed E-state index contributed by atoms with van der Waals surface area (Å²) in [6, 6.07) is 10.7. The summed E-state index contributed by atoms with van der Waals surface area (Å²) in [6.45, 7) is 2.97. The highest BCUT2D eigenvalue weighted by Crippen LogP contribution is 2.23. The van der Waals surface area contributed by atoms with Crippen LogP contribution in [0.4, 0.5) is 0 Å². The highest BCUT2D eigenvalue weighted by Gasteiger charge is 2.23. The second kappa shape index (κ2) is 6.87. The quantitative estimate of drug-likeness (QED) is 0.917. The van der Waals surface area contributed by atoms with E-state index in [0.29, 0.717) is 6.04 Å². The molecule has 0 spiro atoms. The summed E-state index contributed by atoms with van der Waals surface area (Å²) in [6.07, 6.45) is 5.69. The van der Waals surface area contributed by atoms with Gasteiger partial charge < -0.3 is 9.73 Å². The van der Waals surface area contributed by atoms with Crippen LogP contribution in [0.25, 0.3) is 11.3 Å². The van der Waals surface area contributed by atoms with Gasteiger partial charge in [0.25, 0.3) is 0 Å². The summed E-state index contributed by atoms with van der Waals surface area (Å²) < 4.78 is 5.93. The molecule has 0 radical (unpaired) electrons. The van der Waals surface area contributed by atoms with Gasteiger partial charge in [0.1, 0.15) is 0 Å². The largest absolute Gasteiger partial charge is 0.439 e. The minimum absolute atomic E-state index is 0.593. The predicted molar refractivity (Wildman–Crippen MR) is 83.9 cm³/mol. The van der Waals surface area contributed by atoms with E-state index in [-0.39, 0.29) is 0 Å². The van der Waals surface area contributed by atoms with Crippen LogP contribution in [-0.4, -0.2) is 36.1 Å². The van der Waals surface area contributed by atoms with Crippen LogP contribution in [0.5, 0.6) is 0 Å². The number of nitrogens with one attached hydrogen (secondary N) is 1. The molecular formula is C17H23N3O. The molecule has 4 nitrogen and oxygen atoms in total. The summed E-state index contributed by atoms with van der Waals surface area (Å²) in [5.74, 6) is 1.67. The molecule has 1 saturated heterocycles. The van der Waals surface area contributed by atoms with Gasteiger partial charge in [-0.2, -0.15) is 0 Å². The van der Waals surface area contributed by atoms with Crippen LogP contribution in [0, 0.1) is 0 Å². The Morgan fingerprint density at radius 3 is 2.95 bits per heavy atom. The zero-order chi connectivity index (χ0) is 14.5. The molecule has 0 amide bonds. The monoisotopic (exact) mass is 285 g/mol. The Labute approximate surface area is 126 Å². The number of benzene rings is 1. The Balaban J connectivity index is 1.69. The smallest absolute Gasteiger partial charge is 0.209 e. The lowest BCUT2D eigenvalue weighted by Gasteiger charge is -2.34. The van der Waals surface area contributed by atoms with Crippen molar-refractivity contribution in [1.29, 1.82) is 0 Å². The average molecular weight is 285 g/mol. The molecular weight excluding hydrogens is 262 g/mol. The van der Waals surface area contributed by atoms with Gasteiger partial charge in [-0.15, -0.1) is 0 Å². The SMILES string of the molecule is CNCC1CCCCN1Cc1ncc(-c2ccccc2)o1. The summed E-state index contributed by atoms with van der Waals surface area (Å²) in [7, 11) is 2.02. The number of piperidine rings is 1. The van der Waals surface area contributed by atoms with Crippen LogP contribution in [-0.2, 0) is 6.54 Å². The molecule has 0 bridgehead atoms. The first-order chi connectivity index (χ1) is 10.4. The molecule has 1 atom stereocenters. The van der Waals surface area contributed by atoms with Crippen molar-refractivity contribution in [3.05, 3.63) is 42.4 Å². The van der Waals surface area contributed by atoms with Gasteiger partial charge in [0.15, 0.2) is 5.76 Å². The van der Waals surface area contributed by atoms with Crippen molar-refractivity contribution in [3.63, 3.8) is 0 Å². The first kappa shape index (κ1) is 14.3. The van der Waals surface area contributed by atoms with E-state index in [9.17, 15) is 0 Å². The first-order valence-electron chi connectivity index (χ1n) is 7.75. The second-order valence-electron chi connectivity index (χ2n) is 5.66. The van der Waals surface area contributed by atoms with E-state index in [0.717, 1.165) is 36.8 Å². The molecule has 1 fully saturated rings. The highest BCUT2D eigenvalue weighted by atomic mass is 16.4. The van der Waals surface area contributed by atoms with Crippen molar-refractivity contribution in [2.75, 3.05) is 20.1 Å². The molecule has 2 aromatic rings. The van der Waals surface area contributed by atoms with Crippen LogP contribution in [0.2, 0.25) is 0 Å². The number of nitrogens with zero attached hydrogens (tertiary/aromatic N) is 2. The summed E-state index contributed by atoms with van der Waals surface area (Å²) >= 11 is 0. The fourth-order valence-corrected chi connectivity index (χ4v) is 3.03. The number of rotatable bonds is 5. The number of hydrogen-bond acceptors (Lipinski definition) is 4. The summed E-state index contributed by atoms with van der Waals surface area (Å²) in [5.41, 5.74) is 1.08. The van der Waals surface area contributed by atoms with Crippen LogP contribution < -0.4 is 5.32 Å². The molecule has 1 aromatic carbocycles. The van der Waals surface area contributed by atoms with E-state index in [1.807, 2.05) is 31.4 Å². The normalized spacial score (nSPS) is 19.8. The van der Waals surface area contributed by atoms with E-state index in [2.05, 4.69) is 27.3 Å². The first-order valence-corrected chi connectivity index (χ1v) is 7.75. The Morgan fingerprint density at radius 2 is 2.14 bits per heavy atom. The Morgan fingerprint density at radius 1 is 1.29 bits per heavy atom. The van der Waals surface area contributed by atoms with E-state index in [1.165, 1.54) is 19.3 Å². The molecule has 3 rings (SSSR count). The third-order valence-corrected chi connectivity index (χ3v) is 4.14. The topological polar surface area (TPSA) is 41.3 Å². The fraction of sp³-hybridized carbons (Fsp3) is 0.471. The van der Waals surface area contributed by atoms with E-state index in [4.69, 9.17) is 4.42 Å². The maximum absolute atomic E-state index is 5.93. The summed E-state index contributed by atoms with van der Waals surface area (Å²) in [5, 5.41) is 3.29. The molecule has 112 valence electrons. The molecule has 1 aliphatic rings. The van der Waals surface area contributed by atoms with Crippen LogP contribution in [0.1, 0.15) is 25.2 Å². The Kier molecular flexibility index (Phi) is 4.68. The molecule has 21 heavy (non-hydrogen) atoms. The van der Waals surface area contributed by atoms with Crippen molar-refractivity contribution in [2.24, 2.45) is 0 Å². The molecule has 1 unspecified atom stereocenters. The maximum Gasteiger partial charge on any atom is 0.209 e. The zero-order valence-corrected chi connectivity index (χ0v) is 12.6. The molecule has 1 N–H and O–H groups in total. The molecule has 2 heterocycles. The standard InChI is InChI=1S/C17H23N3O/c1-18-11-15-9-5-6-10-20(15)13-17-19-12-16(21-17)14-7-3-2-4-8-14/h2-4,7-8,12,15,18H,5-6,9-11,13H2,1H3. The minimum Gasteiger partial charge on any atom is -0.439 e. The van der Waals surface area contributed by atoms with Gasteiger partial charge in [-0.3, -0.25) is 4.90 Å². The molecule has 0 aliphatic carbocycles. The Bertz CT molecular complexity index is 550. The van der Waals surface area contributed by atoms with Crippen LogP contribution in [0.3, 0.4) is 0 Å². The van der Waals surface area contributed by atoms with E-state index in [1.54, 1.807) is 0 Å². The molecule has 1 aromatic heterocycles. The van der Waals surface area contributed by atoms with E-state index < -0.39 is 0 Å². The third kappa shape index (κ3) is 3.52. The number of likely N-dealkylation sites (N-methyl/N-ethyl adjacent to an activating group) is 1. The van der Waals surface area contributed by atoms with Gasteiger partial charge >= 0.3 is 0 Å².